The van der Waals surface area contributed by atoms with E-state index < -0.39 is 10.0 Å². The van der Waals surface area contributed by atoms with Gasteiger partial charge in [0.1, 0.15) is 10.6 Å². The van der Waals surface area contributed by atoms with Gasteiger partial charge in [-0.1, -0.05) is 30.3 Å². The minimum atomic E-state index is -3.71. The van der Waals surface area contributed by atoms with Crippen LogP contribution in [0.1, 0.15) is 28.3 Å². The molecule has 1 aliphatic rings. The molecule has 30 heavy (non-hydrogen) atoms. The Balaban J connectivity index is 1.58. The number of methoxy groups -OCH3 is 1. The lowest BCUT2D eigenvalue weighted by molar-refractivity contribution is 0.180. The van der Waals surface area contributed by atoms with Gasteiger partial charge in [0, 0.05) is 25.7 Å². The summed E-state index contributed by atoms with van der Waals surface area (Å²) in [7, 11) is -2.22. The molecule has 1 aliphatic heterocycles. The maximum absolute atomic E-state index is 13.1. The monoisotopic (exact) mass is 442 g/mol. The normalized spacial score (nSPS) is 15.5. The lowest BCUT2D eigenvalue weighted by atomic mass is 9.97. The van der Waals surface area contributed by atoms with E-state index in [9.17, 15) is 8.42 Å². The summed E-state index contributed by atoms with van der Waals surface area (Å²) in [5, 5.41) is 4.14. The molecular formula is C23H26N2O3S2. The minimum absolute atomic E-state index is 0.0322. The van der Waals surface area contributed by atoms with Crippen LogP contribution < -0.4 is 9.46 Å². The Hall–Kier alpha value is -2.19. The predicted molar refractivity (Wildman–Crippen MR) is 121 cm³/mol. The van der Waals surface area contributed by atoms with Gasteiger partial charge in [0.2, 0.25) is 10.0 Å². The first-order chi connectivity index (χ1) is 14.5. The maximum atomic E-state index is 13.1. The molecule has 1 N–H and O–H groups in total. The van der Waals surface area contributed by atoms with Crippen molar-refractivity contribution < 1.29 is 13.2 Å². The van der Waals surface area contributed by atoms with E-state index in [0.717, 1.165) is 30.6 Å². The second-order valence-electron chi connectivity index (χ2n) is 7.57. The summed E-state index contributed by atoms with van der Waals surface area (Å²) in [6.07, 6.45) is 0.968. The van der Waals surface area contributed by atoms with Crippen LogP contribution in [0.4, 0.5) is 0 Å². The van der Waals surface area contributed by atoms with Gasteiger partial charge >= 0.3 is 0 Å². The Labute approximate surface area is 182 Å². The quantitative estimate of drug-likeness (QED) is 0.597. The van der Waals surface area contributed by atoms with Crippen molar-refractivity contribution >= 4 is 21.4 Å². The summed E-state index contributed by atoms with van der Waals surface area (Å²) in [6, 6.07) is 15.7. The smallest absolute Gasteiger partial charge is 0.244 e. The highest BCUT2D eigenvalue weighted by atomic mass is 32.2. The van der Waals surface area contributed by atoms with Crippen molar-refractivity contribution in [2.24, 2.45) is 0 Å². The van der Waals surface area contributed by atoms with E-state index in [1.807, 2.05) is 18.4 Å². The molecule has 0 aliphatic carbocycles. The first-order valence-electron chi connectivity index (χ1n) is 9.95. The van der Waals surface area contributed by atoms with Crippen molar-refractivity contribution in [2.45, 2.75) is 30.8 Å². The van der Waals surface area contributed by atoms with E-state index in [2.05, 4.69) is 45.3 Å². The Kier molecular flexibility index (Phi) is 6.24. The maximum Gasteiger partial charge on any atom is 0.244 e. The zero-order chi connectivity index (χ0) is 21.1. The second kappa shape index (κ2) is 8.89. The van der Waals surface area contributed by atoms with Crippen LogP contribution in [0.3, 0.4) is 0 Å². The fourth-order valence-electron chi connectivity index (χ4n) is 3.97. The number of aryl methyl sites for hydroxylation is 1. The van der Waals surface area contributed by atoms with Gasteiger partial charge in [0.15, 0.2) is 0 Å². The van der Waals surface area contributed by atoms with Crippen molar-refractivity contribution in [1.29, 1.82) is 0 Å². The number of nitrogens with zero attached hydrogens (tertiary/aromatic N) is 1. The van der Waals surface area contributed by atoms with E-state index in [1.165, 1.54) is 18.2 Å². The summed E-state index contributed by atoms with van der Waals surface area (Å²) in [4.78, 5) is 2.54. The van der Waals surface area contributed by atoms with E-state index in [4.69, 9.17) is 4.74 Å². The topological polar surface area (TPSA) is 58.6 Å². The average molecular weight is 443 g/mol. The van der Waals surface area contributed by atoms with Gasteiger partial charge in [-0.2, -0.15) is 11.3 Å². The molecule has 1 aromatic heterocycles. The summed E-state index contributed by atoms with van der Waals surface area (Å²) < 4.78 is 34.4. The van der Waals surface area contributed by atoms with Crippen molar-refractivity contribution in [3.8, 4) is 5.75 Å². The molecule has 1 atom stereocenters. The molecule has 4 rings (SSSR count). The Bertz CT molecular complexity index is 1110. The number of thiophene rings is 1. The van der Waals surface area contributed by atoms with Crippen molar-refractivity contribution in [3.63, 3.8) is 0 Å². The Morgan fingerprint density at radius 3 is 2.70 bits per heavy atom. The van der Waals surface area contributed by atoms with Gasteiger partial charge in [-0.25, -0.2) is 13.1 Å². The molecule has 7 heteroatoms. The molecule has 3 aromatic rings. The SMILES string of the molecule is COc1ccc(C)cc1S(=O)(=O)NC[C@@H](c1ccsc1)N1CCc2ccccc2C1. The van der Waals surface area contributed by atoms with Crippen LogP contribution in [0.5, 0.6) is 5.75 Å². The molecule has 0 amide bonds. The highest BCUT2D eigenvalue weighted by molar-refractivity contribution is 7.89. The van der Waals surface area contributed by atoms with Gasteiger partial charge in [-0.15, -0.1) is 0 Å². The van der Waals surface area contributed by atoms with Crippen LogP contribution in [-0.4, -0.2) is 33.5 Å². The molecule has 0 fully saturated rings. The number of hydrogen-bond acceptors (Lipinski definition) is 5. The third-order valence-corrected chi connectivity index (χ3v) is 7.75. The molecule has 0 saturated carbocycles. The molecule has 158 valence electrons. The van der Waals surface area contributed by atoms with Gasteiger partial charge in [0.25, 0.3) is 0 Å². The Morgan fingerprint density at radius 1 is 1.17 bits per heavy atom. The molecule has 5 nitrogen and oxygen atoms in total. The molecule has 0 unspecified atom stereocenters. The summed E-state index contributed by atoms with van der Waals surface area (Å²) in [5.41, 5.74) is 4.70. The number of ether oxygens (including phenoxy) is 1. The van der Waals surface area contributed by atoms with E-state index >= 15 is 0 Å². The van der Waals surface area contributed by atoms with Gasteiger partial charge in [-0.3, -0.25) is 4.90 Å². The molecule has 0 bridgehead atoms. The number of sulfonamides is 1. The molecule has 0 spiro atoms. The van der Waals surface area contributed by atoms with Crippen LogP contribution >= 0.6 is 11.3 Å². The molecule has 2 heterocycles. The largest absolute Gasteiger partial charge is 0.495 e. The van der Waals surface area contributed by atoms with Crippen molar-refractivity contribution in [1.82, 2.24) is 9.62 Å². The van der Waals surface area contributed by atoms with E-state index in [-0.39, 0.29) is 10.9 Å². The standard InChI is InChI=1S/C23H26N2O3S2/c1-17-7-8-22(28-2)23(13-17)30(26,27)24-14-21(20-10-12-29-16-20)25-11-9-18-5-3-4-6-19(18)15-25/h3-8,10,12-13,16,21,24H,9,11,14-15H2,1-2H3/t21-/m0/s1. The lowest BCUT2D eigenvalue weighted by Gasteiger charge is -2.35. The summed E-state index contributed by atoms with van der Waals surface area (Å²) in [6.45, 7) is 3.88. The number of hydrogen-bond donors (Lipinski definition) is 1. The summed E-state index contributed by atoms with van der Waals surface area (Å²) >= 11 is 1.63. The van der Waals surface area contributed by atoms with E-state index in [0.29, 0.717) is 12.3 Å². The zero-order valence-corrected chi connectivity index (χ0v) is 18.8. The molecule has 0 saturated heterocycles. The summed E-state index contributed by atoms with van der Waals surface area (Å²) in [5.74, 6) is 0.354. The minimum Gasteiger partial charge on any atom is -0.495 e. The van der Waals surface area contributed by atoms with Crippen LogP contribution in [0.15, 0.2) is 64.2 Å². The highest BCUT2D eigenvalue weighted by Gasteiger charge is 2.28. The van der Waals surface area contributed by atoms with Gasteiger partial charge in [0.05, 0.1) is 7.11 Å². The third kappa shape index (κ3) is 4.44. The van der Waals surface area contributed by atoms with Crippen molar-refractivity contribution in [2.75, 3.05) is 20.2 Å². The van der Waals surface area contributed by atoms with Crippen LogP contribution in [0, 0.1) is 6.92 Å². The highest BCUT2D eigenvalue weighted by Crippen LogP contribution is 2.30. The van der Waals surface area contributed by atoms with Crippen LogP contribution in [-0.2, 0) is 23.0 Å². The molecule has 0 radical (unpaired) electrons. The Morgan fingerprint density at radius 2 is 1.97 bits per heavy atom. The zero-order valence-electron chi connectivity index (χ0n) is 17.2. The third-order valence-electron chi connectivity index (χ3n) is 5.60. The van der Waals surface area contributed by atoms with Crippen molar-refractivity contribution in [3.05, 3.63) is 81.5 Å². The second-order valence-corrected chi connectivity index (χ2v) is 10.1. The number of benzene rings is 2. The molecule has 2 aromatic carbocycles. The number of nitrogens with one attached hydrogen (secondary N) is 1. The first kappa shape index (κ1) is 21.1. The number of fused-ring (bicyclic) bond motifs is 1. The van der Waals surface area contributed by atoms with Crippen LogP contribution in [0.25, 0.3) is 0 Å². The fourth-order valence-corrected chi connectivity index (χ4v) is 5.96. The first-order valence-corrected chi connectivity index (χ1v) is 12.4. The lowest BCUT2D eigenvalue weighted by Crippen LogP contribution is -2.40. The number of rotatable bonds is 7. The average Bonchev–Trinajstić information content (AvgIpc) is 3.28. The predicted octanol–water partition coefficient (Wildman–Crippen LogP) is 4.14. The van der Waals surface area contributed by atoms with Gasteiger partial charge < -0.3 is 4.74 Å². The van der Waals surface area contributed by atoms with Crippen LogP contribution in [0.2, 0.25) is 0 Å². The van der Waals surface area contributed by atoms with E-state index in [1.54, 1.807) is 23.5 Å². The molecular weight excluding hydrogens is 416 g/mol. The van der Waals surface area contributed by atoms with Gasteiger partial charge in [-0.05, 0) is 64.6 Å². The fraction of sp³-hybridized carbons (Fsp3) is 0.304.